The van der Waals surface area contributed by atoms with Crippen molar-refractivity contribution in [1.82, 2.24) is 0 Å². The number of carbonyl (C=O) groups excluding carboxylic acids is 1. The highest BCUT2D eigenvalue weighted by Crippen LogP contribution is 2.47. The summed E-state index contributed by atoms with van der Waals surface area (Å²) in [5.41, 5.74) is 0. The summed E-state index contributed by atoms with van der Waals surface area (Å²) in [5, 5.41) is 0. The molecule has 0 spiro atoms. The van der Waals surface area contributed by atoms with E-state index < -0.39 is 0 Å². The van der Waals surface area contributed by atoms with Crippen molar-refractivity contribution in [1.29, 1.82) is 0 Å². The normalized spacial score (nSPS) is 28.9. The lowest BCUT2D eigenvalue weighted by molar-refractivity contribution is -0.121. The first-order chi connectivity index (χ1) is 5.67. The molecule has 1 saturated carbocycles. The first kappa shape index (κ1) is 10.5. The van der Waals surface area contributed by atoms with Gasteiger partial charge in [0.05, 0.1) is 0 Å². The number of Topliss-reactive ketones (excluding diaryl/α,β-unsaturated/α-hetero) is 1. The van der Waals surface area contributed by atoms with Gasteiger partial charge in [0.2, 0.25) is 0 Å². The fraction of sp³-hybridized carbons (Fsp3) is 0.889. The largest absolute Gasteiger partial charge is 0.297 e. The van der Waals surface area contributed by atoms with E-state index in [1.54, 1.807) is 23.5 Å². The van der Waals surface area contributed by atoms with Crippen molar-refractivity contribution >= 4 is 29.3 Å². The Labute approximate surface area is 83.1 Å². The molecule has 1 aliphatic rings. The van der Waals surface area contributed by atoms with E-state index in [2.05, 4.69) is 19.4 Å². The number of carbonyl (C=O) groups is 1. The van der Waals surface area contributed by atoms with Gasteiger partial charge >= 0.3 is 0 Å². The van der Waals surface area contributed by atoms with Crippen LogP contribution in [0.25, 0.3) is 0 Å². The summed E-state index contributed by atoms with van der Waals surface area (Å²) in [5.74, 6) is 0.977. The predicted octanol–water partition coefficient (Wildman–Crippen LogP) is 2.80. The van der Waals surface area contributed by atoms with Gasteiger partial charge in [0.25, 0.3) is 0 Å². The number of hydrogen-bond acceptors (Lipinski definition) is 3. The van der Waals surface area contributed by atoms with E-state index in [0.29, 0.717) is 11.7 Å². The van der Waals surface area contributed by atoms with Gasteiger partial charge in [-0.05, 0) is 31.3 Å². The van der Waals surface area contributed by atoms with Crippen LogP contribution in [0.2, 0.25) is 0 Å². The Morgan fingerprint density at radius 3 is 2.33 bits per heavy atom. The molecule has 0 aromatic heterocycles. The van der Waals surface area contributed by atoms with E-state index in [0.717, 1.165) is 12.8 Å². The molecule has 0 radical (unpaired) electrons. The molecule has 1 nitrogen and oxygen atoms in total. The van der Waals surface area contributed by atoms with Crippen LogP contribution in [0, 0.1) is 5.92 Å². The second-order valence-electron chi connectivity index (χ2n) is 3.29. The summed E-state index contributed by atoms with van der Waals surface area (Å²) in [7, 11) is 0. The molecule has 0 aromatic rings. The SMILES string of the molecule is CSC1(SC)C(=O)CCCC1C. The van der Waals surface area contributed by atoms with Crippen molar-refractivity contribution in [2.75, 3.05) is 12.5 Å². The average Bonchev–Trinajstić information content (AvgIpc) is 2.06. The molecule has 0 aliphatic heterocycles. The molecule has 3 heteroatoms. The zero-order valence-electron chi connectivity index (χ0n) is 7.92. The van der Waals surface area contributed by atoms with E-state index >= 15 is 0 Å². The Kier molecular flexibility index (Phi) is 3.53. The standard InChI is InChI=1S/C9H16OS2/c1-7-5-4-6-8(10)9(7,11-2)12-3/h7H,4-6H2,1-3H3. The molecule has 0 amide bonds. The molecular formula is C9H16OS2. The van der Waals surface area contributed by atoms with Crippen LogP contribution < -0.4 is 0 Å². The number of hydrogen-bond donors (Lipinski definition) is 0. The predicted molar refractivity (Wildman–Crippen MR) is 57.8 cm³/mol. The van der Waals surface area contributed by atoms with Gasteiger partial charge in [0.1, 0.15) is 4.08 Å². The molecule has 1 unspecified atom stereocenters. The van der Waals surface area contributed by atoms with Gasteiger partial charge in [-0.1, -0.05) is 6.92 Å². The third kappa shape index (κ3) is 1.53. The van der Waals surface area contributed by atoms with Crippen LogP contribution >= 0.6 is 23.5 Å². The summed E-state index contributed by atoms with van der Waals surface area (Å²) >= 11 is 3.45. The first-order valence-corrected chi connectivity index (χ1v) is 6.76. The highest BCUT2D eigenvalue weighted by Gasteiger charge is 2.43. The second kappa shape index (κ2) is 4.05. The van der Waals surface area contributed by atoms with Crippen molar-refractivity contribution < 1.29 is 4.79 Å². The maximum atomic E-state index is 11.7. The molecule has 0 bridgehead atoms. The second-order valence-corrected chi connectivity index (χ2v) is 5.66. The molecule has 1 fully saturated rings. The molecule has 0 aromatic carbocycles. The maximum Gasteiger partial charge on any atom is 0.159 e. The summed E-state index contributed by atoms with van der Waals surface area (Å²) in [4.78, 5) is 11.7. The molecule has 1 aliphatic carbocycles. The summed E-state index contributed by atoms with van der Waals surface area (Å²) in [6.07, 6.45) is 7.18. The number of thioether (sulfide) groups is 2. The van der Waals surface area contributed by atoms with Crippen LogP contribution in [0.15, 0.2) is 0 Å². The lowest BCUT2D eigenvalue weighted by Gasteiger charge is -2.38. The Balaban J connectivity index is 2.85. The lowest BCUT2D eigenvalue weighted by atomic mass is 9.88. The van der Waals surface area contributed by atoms with E-state index in [1.165, 1.54) is 6.42 Å². The lowest BCUT2D eigenvalue weighted by Crippen LogP contribution is -2.41. The average molecular weight is 204 g/mol. The van der Waals surface area contributed by atoms with Crippen molar-refractivity contribution in [3.63, 3.8) is 0 Å². The summed E-state index contributed by atoms with van der Waals surface area (Å²) in [6, 6.07) is 0. The van der Waals surface area contributed by atoms with Gasteiger partial charge in [-0.15, -0.1) is 23.5 Å². The monoisotopic (exact) mass is 204 g/mol. The minimum Gasteiger partial charge on any atom is -0.297 e. The third-order valence-electron chi connectivity index (χ3n) is 2.68. The first-order valence-electron chi connectivity index (χ1n) is 4.31. The highest BCUT2D eigenvalue weighted by atomic mass is 32.2. The fourth-order valence-electron chi connectivity index (χ4n) is 1.92. The fourth-order valence-corrected chi connectivity index (χ4v) is 4.29. The molecular weight excluding hydrogens is 188 g/mol. The number of rotatable bonds is 2. The molecule has 70 valence electrons. The minimum atomic E-state index is -0.127. The van der Waals surface area contributed by atoms with Crippen LogP contribution in [0.1, 0.15) is 26.2 Å². The van der Waals surface area contributed by atoms with Crippen molar-refractivity contribution in [2.24, 2.45) is 5.92 Å². The van der Waals surface area contributed by atoms with Crippen LogP contribution in [-0.2, 0) is 4.79 Å². The molecule has 0 heterocycles. The Morgan fingerprint density at radius 1 is 1.42 bits per heavy atom. The number of ketones is 1. The van der Waals surface area contributed by atoms with E-state index in [1.807, 2.05) is 0 Å². The van der Waals surface area contributed by atoms with Gasteiger partial charge in [-0.2, -0.15) is 0 Å². The highest BCUT2D eigenvalue weighted by molar-refractivity contribution is 8.18. The molecule has 1 atom stereocenters. The smallest absolute Gasteiger partial charge is 0.159 e. The Bertz CT molecular complexity index is 175. The topological polar surface area (TPSA) is 17.1 Å². The van der Waals surface area contributed by atoms with Crippen LogP contribution in [0.5, 0.6) is 0 Å². The zero-order chi connectivity index (χ0) is 9.19. The van der Waals surface area contributed by atoms with Crippen LogP contribution in [0.4, 0.5) is 0 Å². The van der Waals surface area contributed by atoms with Crippen molar-refractivity contribution in [2.45, 2.75) is 30.3 Å². The van der Waals surface area contributed by atoms with Gasteiger partial charge in [0, 0.05) is 6.42 Å². The van der Waals surface area contributed by atoms with Gasteiger partial charge in [-0.25, -0.2) is 0 Å². The quantitative estimate of drug-likeness (QED) is 0.644. The van der Waals surface area contributed by atoms with Crippen LogP contribution in [-0.4, -0.2) is 22.4 Å². The molecule has 1 rings (SSSR count). The third-order valence-corrected chi connectivity index (χ3v) is 6.16. The van der Waals surface area contributed by atoms with Gasteiger partial charge < -0.3 is 0 Å². The minimum absolute atomic E-state index is 0.127. The van der Waals surface area contributed by atoms with E-state index in [-0.39, 0.29) is 4.08 Å². The van der Waals surface area contributed by atoms with Gasteiger partial charge in [0.15, 0.2) is 5.78 Å². The summed E-state index contributed by atoms with van der Waals surface area (Å²) in [6.45, 7) is 2.20. The van der Waals surface area contributed by atoms with E-state index in [9.17, 15) is 4.79 Å². The summed E-state index contributed by atoms with van der Waals surface area (Å²) < 4.78 is -0.127. The van der Waals surface area contributed by atoms with Gasteiger partial charge in [-0.3, -0.25) is 4.79 Å². The molecule has 0 saturated heterocycles. The molecule has 12 heavy (non-hydrogen) atoms. The van der Waals surface area contributed by atoms with E-state index in [4.69, 9.17) is 0 Å². The molecule has 0 N–H and O–H groups in total. The maximum absolute atomic E-state index is 11.7. The zero-order valence-corrected chi connectivity index (χ0v) is 9.56. The van der Waals surface area contributed by atoms with Crippen LogP contribution in [0.3, 0.4) is 0 Å². The Morgan fingerprint density at radius 2 is 2.00 bits per heavy atom. The Hall–Kier alpha value is 0.370. The van der Waals surface area contributed by atoms with Crippen molar-refractivity contribution in [3.8, 4) is 0 Å². The van der Waals surface area contributed by atoms with Crippen molar-refractivity contribution in [3.05, 3.63) is 0 Å².